The summed E-state index contributed by atoms with van der Waals surface area (Å²) in [5.74, 6) is -0.621. The lowest BCUT2D eigenvalue weighted by molar-refractivity contribution is -0.385. The number of hydrogen-bond acceptors (Lipinski definition) is 6. The molecule has 8 heteroatoms. The highest BCUT2D eigenvalue weighted by Crippen LogP contribution is 2.36. The van der Waals surface area contributed by atoms with Crippen LogP contribution in [0.2, 0.25) is 0 Å². The summed E-state index contributed by atoms with van der Waals surface area (Å²) in [7, 11) is 1.29. The maximum absolute atomic E-state index is 13.1. The van der Waals surface area contributed by atoms with Crippen molar-refractivity contribution in [1.82, 2.24) is 4.90 Å². The molecule has 0 aromatic heterocycles. The Labute approximate surface area is 166 Å². The minimum absolute atomic E-state index is 0.0128. The van der Waals surface area contributed by atoms with Gasteiger partial charge in [-0.15, -0.1) is 11.8 Å². The van der Waals surface area contributed by atoms with Crippen LogP contribution in [0.25, 0.3) is 0 Å². The Morgan fingerprint density at radius 3 is 2.71 bits per heavy atom. The Kier molecular flexibility index (Phi) is 6.30. The average Bonchev–Trinajstić information content (AvgIpc) is 2.83. The third kappa shape index (κ3) is 4.69. The highest BCUT2D eigenvalue weighted by Gasteiger charge is 2.32. The molecule has 0 saturated heterocycles. The average molecular weight is 400 g/mol. The number of hydrogen-bond donors (Lipinski definition) is 0. The lowest BCUT2D eigenvalue weighted by atomic mass is 10.1. The first-order valence-electron chi connectivity index (χ1n) is 8.81. The number of fused-ring (bicyclic) bond motifs is 1. The number of nitro benzene ring substituents is 1. The minimum Gasteiger partial charge on any atom is -0.469 e. The molecular weight excluding hydrogens is 380 g/mol. The molecule has 2 aromatic carbocycles. The summed E-state index contributed by atoms with van der Waals surface area (Å²) in [5.41, 5.74) is 1.80. The van der Waals surface area contributed by atoms with E-state index >= 15 is 0 Å². The van der Waals surface area contributed by atoms with Gasteiger partial charge in [-0.25, -0.2) is 0 Å². The molecule has 2 aromatic rings. The lowest BCUT2D eigenvalue weighted by Crippen LogP contribution is -2.38. The predicted molar refractivity (Wildman–Crippen MR) is 105 cm³/mol. The number of carbonyl (C=O) groups excluding carboxylic acids is 2. The standard InChI is InChI=1S/C20H20N2O5S/c1-27-19(23)12-18-20(24)21(10-9-14-5-3-2-4-6-14)13-15-11-16(22(25)26)7-8-17(15)28-18/h2-8,11,18H,9-10,12-13H2,1H3. The van der Waals surface area contributed by atoms with Crippen LogP contribution in [0.15, 0.2) is 53.4 Å². The summed E-state index contributed by atoms with van der Waals surface area (Å²) < 4.78 is 4.73. The van der Waals surface area contributed by atoms with Crippen LogP contribution in [0.4, 0.5) is 5.69 Å². The zero-order valence-corrected chi connectivity index (χ0v) is 16.2. The molecule has 1 amide bonds. The van der Waals surface area contributed by atoms with Gasteiger partial charge in [-0.2, -0.15) is 0 Å². The van der Waals surface area contributed by atoms with E-state index in [4.69, 9.17) is 4.74 Å². The normalized spacial score (nSPS) is 16.2. The van der Waals surface area contributed by atoms with Crippen LogP contribution in [0.3, 0.4) is 0 Å². The largest absolute Gasteiger partial charge is 0.469 e. The van der Waals surface area contributed by atoms with Crippen molar-refractivity contribution in [2.45, 2.75) is 29.5 Å². The Morgan fingerprint density at radius 1 is 1.29 bits per heavy atom. The van der Waals surface area contributed by atoms with Crippen LogP contribution < -0.4 is 0 Å². The number of amides is 1. The number of methoxy groups -OCH3 is 1. The highest BCUT2D eigenvalue weighted by molar-refractivity contribution is 8.00. The first-order valence-corrected chi connectivity index (χ1v) is 9.69. The van der Waals surface area contributed by atoms with Crippen LogP contribution in [-0.2, 0) is 27.3 Å². The number of esters is 1. The molecular formula is C20H20N2O5S. The fourth-order valence-corrected chi connectivity index (χ4v) is 4.27. The number of non-ortho nitro benzene ring substituents is 1. The van der Waals surface area contributed by atoms with E-state index in [0.717, 1.165) is 10.5 Å². The van der Waals surface area contributed by atoms with E-state index in [2.05, 4.69) is 0 Å². The van der Waals surface area contributed by atoms with Gasteiger partial charge in [-0.05, 0) is 23.6 Å². The second-order valence-corrected chi connectivity index (χ2v) is 7.68. The smallest absolute Gasteiger partial charge is 0.307 e. The summed E-state index contributed by atoms with van der Waals surface area (Å²) in [5, 5.41) is 10.5. The van der Waals surface area contributed by atoms with Crippen LogP contribution in [0.1, 0.15) is 17.5 Å². The topological polar surface area (TPSA) is 89.8 Å². The Morgan fingerprint density at radius 2 is 2.04 bits per heavy atom. The molecule has 7 nitrogen and oxygen atoms in total. The first kappa shape index (κ1) is 19.9. The van der Waals surface area contributed by atoms with Crippen molar-refractivity contribution in [1.29, 1.82) is 0 Å². The van der Waals surface area contributed by atoms with Crippen LogP contribution in [0, 0.1) is 10.1 Å². The minimum atomic E-state index is -0.620. The van der Waals surface area contributed by atoms with Gasteiger partial charge >= 0.3 is 5.97 Å². The van der Waals surface area contributed by atoms with Crippen LogP contribution in [-0.4, -0.2) is 40.6 Å². The van der Waals surface area contributed by atoms with Gasteiger partial charge in [0, 0.05) is 30.1 Å². The molecule has 1 aliphatic heterocycles. The van der Waals surface area contributed by atoms with Gasteiger partial charge in [0.25, 0.3) is 5.69 Å². The summed E-state index contributed by atoms with van der Waals surface area (Å²) in [4.78, 5) is 38.0. The third-order valence-corrected chi connectivity index (χ3v) is 5.87. The predicted octanol–water partition coefficient (Wildman–Crippen LogP) is 3.20. The van der Waals surface area contributed by atoms with E-state index in [9.17, 15) is 19.7 Å². The molecule has 146 valence electrons. The van der Waals surface area contributed by atoms with Crippen molar-refractivity contribution < 1.29 is 19.2 Å². The molecule has 1 heterocycles. The fourth-order valence-electron chi connectivity index (χ4n) is 3.07. The van der Waals surface area contributed by atoms with Crippen molar-refractivity contribution in [3.63, 3.8) is 0 Å². The van der Waals surface area contributed by atoms with Gasteiger partial charge < -0.3 is 9.64 Å². The molecule has 0 N–H and O–H groups in total. The number of rotatable bonds is 6. The summed E-state index contributed by atoms with van der Waals surface area (Å²) in [6.45, 7) is 0.733. The van der Waals surface area contributed by atoms with Crippen molar-refractivity contribution in [2.24, 2.45) is 0 Å². The molecule has 0 saturated carbocycles. The number of ether oxygens (including phenoxy) is 1. The first-order chi connectivity index (χ1) is 13.5. The molecule has 0 radical (unpaired) electrons. The van der Waals surface area contributed by atoms with Gasteiger partial charge in [0.1, 0.15) is 0 Å². The van der Waals surface area contributed by atoms with Crippen molar-refractivity contribution in [3.8, 4) is 0 Å². The Hall–Kier alpha value is -2.87. The van der Waals surface area contributed by atoms with E-state index in [1.165, 1.54) is 31.0 Å². The van der Waals surface area contributed by atoms with E-state index in [1.54, 1.807) is 11.0 Å². The molecule has 1 aliphatic rings. The van der Waals surface area contributed by atoms with Gasteiger partial charge in [0.15, 0.2) is 0 Å². The van der Waals surface area contributed by atoms with Gasteiger partial charge in [0.2, 0.25) is 5.91 Å². The second kappa shape index (κ2) is 8.88. The van der Waals surface area contributed by atoms with E-state index in [-0.39, 0.29) is 24.6 Å². The number of carbonyl (C=O) groups is 2. The van der Waals surface area contributed by atoms with Crippen molar-refractivity contribution in [3.05, 3.63) is 69.8 Å². The van der Waals surface area contributed by atoms with E-state index in [0.29, 0.717) is 18.5 Å². The third-order valence-electron chi connectivity index (χ3n) is 4.57. The lowest BCUT2D eigenvalue weighted by Gasteiger charge is -2.23. The molecule has 0 spiro atoms. The number of nitro groups is 1. The molecule has 0 bridgehead atoms. The van der Waals surface area contributed by atoms with E-state index in [1.807, 2.05) is 30.3 Å². The maximum Gasteiger partial charge on any atom is 0.307 e. The quantitative estimate of drug-likeness (QED) is 0.420. The van der Waals surface area contributed by atoms with Crippen molar-refractivity contribution >= 4 is 29.3 Å². The van der Waals surface area contributed by atoms with Gasteiger partial charge in [-0.1, -0.05) is 30.3 Å². The summed E-state index contributed by atoms with van der Waals surface area (Å²) in [6.07, 6.45) is 0.616. The molecule has 0 aliphatic carbocycles. The Balaban J connectivity index is 1.88. The van der Waals surface area contributed by atoms with E-state index < -0.39 is 16.1 Å². The molecule has 0 fully saturated rings. The zero-order chi connectivity index (χ0) is 20.1. The molecule has 28 heavy (non-hydrogen) atoms. The maximum atomic E-state index is 13.1. The number of nitrogens with zero attached hydrogens (tertiary/aromatic N) is 2. The highest BCUT2D eigenvalue weighted by atomic mass is 32.2. The molecule has 3 rings (SSSR count). The number of benzene rings is 2. The SMILES string of the molecule is COC(=O)CC1Sc2ccc([N+](=O)[O-])cc2CN(CCc2ccccc2)C1=O. The Bertz CT molecular complexity index is 887. The number of thioether (sulfide) groups is 1. The van der Waals surface area contributed by atoms with Gasteiger partial charge in [-0.3, -0.25) is 19.7 Å². The second-order valence-electron chi connectivity index (χ2n) is 6.43. The monoisotopic (exact) mass is 400 g/mol. The fraction of sp³-hybridized carbons (Fsp3) is 0.300. The molecule has 1 unspecified atom stereocenters. The van der Waals surface area contributed by atoms with Crippen molar-refractivity contribution in [2.75, 3.05) is 13.7 Å². The van der Waals surface area contributed by atoms with Gasteiger partial charge in [0.05, 0.1) is 23.7 Å². The molecule has 1 atom stereocenters. The summed E-state index contributed by atoms with van der Waals surface area (Å²) >= 11 is 1.26. The van der Waals surface area contributed by atoms with Crippen LogP contribution >= 0.6 is 11.8 Å². The summed E-state index contributed by atoms with van der Waals surface area (Å²) in [6, 6.07) is 14.4. The van der Waals surface area contributed by atoms with Crippen LogP contribution in [0.5, 0.6) is 0 Å². The zero-order valence-electron chi connectivity index (χ0n) is 15.4.